The van der Waals surface area contributed by atoms with Crippen molar-refractivity contribution in [1.82, 2.24) is 10.6 Å². The summed E-state index contributed by atoms with van der Waals surface area (Å²) in [5.41, 5.74) is 0.983. The lowest BCUT2D eigenvalue weighted by molar-refractivity contribution is 0.237. The number of rotatable bonds is 5. The number of hydrogen-bond acceptors (Lipinski definition) is 3. The summed E-state index contributed by atoms with van der Waals surface area (Å²) >= 11 is 7.35. The molecule has 1 aromatic carbocycles. The van der Waals surface area contributed by atoms with E-state index < -0.39 is 0 Å². The molecule has 1 unspecified atom stereocenters. The molecule has 1 atom stereocenters. The van der Waals surface area contributed by atoms with Gasteiger partial charge in [-0.1, -0.05) is 23.7 Å². The second-order valence-electron chi connectivity index (χ2n) is 4.54. The number of hydrogen-bond donors (Lipinski definition) is 2. The van der Waals surface area contributed by atoms with Gasteiger partial charge in [0, 0.05) is 11.4 Å². The minimum Gasteiger partial charge on any atom is -0.497 e. The number of amides is 2. The molecule has 0 aliphatic carbocycles. The van der Waals surface area contributed by atoms with Gasteiger partial charge >= 0.3 is 6.03 Å². The highest BCUT2D eigenvalue weighted by Gasteiger charge is 2.11. The fourth-order valence-electron chi connectivity index (χ4n) is 1.84. The zero-order valence-corrected chi connectivity index (χ0v) is 13.4. The molecule has 0 spiro atoms. The van der Waals surface area contributed by atoms with Crippen LogP contribution in [0.2, 0.25) is 4.34 Å². The van der Waals surface area contributed by atoms with E-state index in [9.17, 15) is 4.79 Å². The summed E-state index contributed by atoms with van der Waals surface area (Å²) in [4.78, 5) is 12.9. The fourth-order valence-corrected chi connectivity index (χ4v) is 2.91. The van der Waals surface area contributed by atoms with E-state index >= 15 is 0 Å². The second kappa shape index (κ2) is 7.33. The SMILES string of the molecule is COc1cccc(CNC(=O)NC(C)c2ccc(Cl)s2)c1. The molecule has 112 valence electrons. The summed E-state index contributed by atoms with van der Waals surface area (Å²) in [6.07, 6.45) is 0. The average molecular weight is 325 g/mol. The number of nitrogens with one attached hydrogen (secondary N) is 2. The Morgan fingerprint density at radius 2 is 2.19 bits per heavy atom. The first kappa shape index (κ1) is 15.7. The summed E-state index contributed by atoms with van der Waals surface area (Å²) < 4.78 is 5.86. The Morgan fingerprint density at radius 1 is 1.38 bits per heavy atom. The van der Waals surface area contributed by atoms with Crippen molar-refractivity contribution in [2.75, 3.05) is 7.11 Å². The number of carbonyl (C=O) groups excluding carboxylic acids is 1. The molecule has 0 saturated heterocycles. The predicted molar refractivity (Wildman–Crippen MR) is 86.1 cm³/mol. The minimum absolute atomic E-state index is 0.0761. The van der Waals surface area contributed by atoms with Crippen LogP contribution >= 0.6 is 22.9 Å². The third-order valence-corrected chi connectivity index (χ3v) is 4.37. The van der Waals surface area contributed by atoms with Crippen molar-refractivity contribution in [2.24, 2.45) is 0 Å². The zero-order valence-electron chi connectivity index (χ0n) is 11.9. The van der Waals surface area contributed by atoms with E-state index in [1.165, 1.54) is 11.3 Å². The first-order valence-corrected chi connectivity index (χ1v) is 7.70. The van der Waals surface area contributed by atoms with Crippen molar-refractivity contribution in [2.45, 2.75) is 19.5 Å². The maximum Gasteiger partial charge on any atom is 0.315 e. The monoisotopic (exact) mass is 324 g/mol. The van der Waals surface area contributed by atoms with Gasteiger partial charge in [-0.2, -0.15) is 0 Å². The van der Waals surface area contributed by atoms with Gasteiger partial charge in [0.1, 0.15) is 5.75 Å². The van der Waals surface area contributed by atoms with Crippen molar-refractivity contribution in [1.29, 1.82) is 0 Å². The maximum atomic E-state index is 11.9. The molecule has 6 heteroatoms. The topological polar surface area (TPSA) is 50.4 Å². The number of halogens is 1. The first-order chi connectivity index (χ1) is 10.1. The number of urea groups is 1. The Labute approximate surface area is 133 Å². The van der Waals surface area contributed by atoms with Crippen molar-refractivity contribution < 1.29 is 9.53 Å². The molecule has 2 amide bonds. The van der Waals surface area contributed by atoms with Gasteiger partial charge in [0.15, 0.2) is 0 Å². The molecule has 0 aliphatic rings. The van der Waals surface area contributed by atoms with Crippen LogP contribution in [0.25, 0.3) is 0 Å². The maximum absolute atomic E-state index is 11.9. The van der Waals surface area contributed by atoms with Crippen molar-refractivity contribution >= 4 is 29.0 Å². The van der Waals surface area contributed by atoms with E-state index in [0.717, 1.165) is 20.5 Å². The van der Waals surface area contributed by atoms with Gasteiger partial charge in [0.05, 0.1) is 17.5 Å². The summed E-state index contributed by atoms with van der Waals surface area (Å²) in [6, 6.07) is 11.0. The van der Waals surface area contributed by atoms with Crippen LogP contribution in [0.1, 0.15) is 23.4 Å². The van der Waals surface area contributed by atoms with E-state index in [-0.39, 0.29) is 12.1 Å². The quantitative estimate of drug-likeness (QED) is 0.874. The smallest absolute Gasteiger partial charge is 0.315 e. The molecule has 1 aromatic heterocycles. The molecular weight excluding hydrogens is 308 g/mol. The lowest BCUT2D eigenvalue weighted by atomic mass is 10.2. The highest BCUT2D eigenvalue weighted by Crippen LogP contribution is 2.26. The van der Waals surface area contributed by atoms with Crippen LogP contribution < -0.4 is 15.4 Å². The van der Waals surface area contributed by atoms with Gasteiger partial charge in [0.25, 0.3) is 0 Å². The Bertz CT molecular complexity index is 615. The van der Waals surface area contributed by atoms with Crippen LogP contribution in [0.4, 0.5) is 4.79 Å². The van der Waals surface area contributed by atoms with Gasteiger partial charge in [-0.25, -0.2) is 4.79 Å². The second-order valence-corrected chi connectivity index (χ2v) is 6.29. The van der Waals surface area contributed by atoms with Crippen molar-refractivity contribution in [3.8, 4) is 5.75 Å². The van der Waals surface area contributed by atoms with Gasteiger partial charge in [0.2, 0.25) is 0 Å². The number of methoxy groups -OCH3 is 1. The van der Waals surface area contributed by atoms with Crippen molar-refractivity contribution in [3.63, 3.8) is 0 Å². The molecule has 2 aromatic rings. The van der Waals surface area contributed by atoms with Gasteiger partial charge in [-0.05, 0) is 36.8 Å². The molecule has 1 heterocycles. The van der Waals surface area contributed by atoms with E-state index in [1.54, 1.807) is 7.11 Å². The molecule has 2 N–H and O–H groups in total. The highest BCUT2D eigenvalue weighted by atomic mass is 35.5. The van der Waals surface area contributed by atoms with Crippen molar-refractivity contribution in [3.05, 3.63) is 51.2 Å². The highest BCUT2D eigenvalue weighted by molar-refractivity contribution is 7.16. The number of ether oxygens (including phenoxy) is 1. The van der Waals surface area contributed by atoms with Crippen LogP contribution in [0, 0.1) is 0 Å². The summed E-state index contributed by atoms with van der Waals surface area (Å²) in [5.74, 6) is 0.774. The summed E-state index contributed by atoms with van der Waals surface area (Å²) in [6.45, 7) is 2.37. The minimum atomic E-state index is -0.213. The van der Waals surface area contributed by atoms with E-state index in [0.29, 0.717) is 6.54 Å². The molecule has 0 fully saturated rings. The Kier molecular flexibility index (Phi) is 5.47. The molecule has 2 rings (SSSR count). The van der Waals surface area contributed by atoms with Gasteiger partial charge < -0.3 is 15.4 Å². The molecule has 21 heavy (non-hydrogen) atoms. The lowest BCUT2D eigenvalue weighted by Gasteiger charge is -2.13. The normalized spacial score (nSPS) is 11.8. The number of thiophene rings is 1. The number of benzene rings is 1. The molecule has 0 radical (unpaired) electrons. The third-order valence-electron chi connectivity index (χ3n) is 2.96. The Hall–Kier alpha value is -1.72. The first-order valence-electron chi connectivity index (χ1n) is 6.51. The standard InChI is InChI=1S/C15H17ClN2O2S/c1-10(13-6-7-14(16)21-13)18-15(19)17-9-11-4-3-5-12(8-11)20-2/h3-8,10H,9H2,1-2H3,(H2,17,18,19). The van der Waals surface area contributed by atoms with Crippen LogP contribution in [-0.4, -0.2) is 13.1 Å². The molecular formula is C15H17ClN2O2S. The largest absolute Gasteiger partial charge is 0.497 e. The summed E-state index contributed by atoms with van der Waals surface area (Å²) in [5, 5.41) is 5.70. The van der Waals surface area contributed by atoms with E-state index in [4.69, 9.17) is 16.3 Å². The Morgan fingerprint density at radius 3 is 2.86 bits per heavy atom. The molecule has 0 aliphatic heterocycles. The van der Waals surface area contributed by atoms with E-state index in [2.05, 4.69) is 10.6 Å². The summed E-state index contributed by atoms with van der Waals surface area (Å²) in [7, 11) is 1.62. The van der Waals surface area contributed by atoms with Crippen LogP contribution in [0.5, 0.6) is 5.75 Å². The third kappa shape index (κ3) is 4.65. The lowest BCUT2D eigenvalue weighted by Crippen LogP contribution is -2.36. The predicted octanol–water partition coefficient (Wildman–Crippen LogP) is 3.97. The Balaban J connectivity index is 1.84. The number of carbonyl (C=O) groups is 1. The van der Waals surface area contributed by atoms with Gasteiger partial charge in [-0.15, -0.1) is 11.3 Å². The average Bonchev–Trinajstić information content (AvgIpc) is 2.92. The fraction of sp³-hybridized carbons (Fsp3) is 0.267. The van der Waals surface area contributed by atoms with E-state index in [1.807, 2.05) is 43.3 Å². The molecule has 0 bridgehead atoms. The molecule has 4 nitrogen and oxygen atoms in total. The van der Waals surface area contributed by atoms with Crippen LogP contribution in [0.15, 0.2) is 36.4 Å². The molecule has 0 saturated carbocycles. The van der Waals surface area contributed by atoms with Crippen LogP contribution in [0.3, 0.4) is 0 Å². The zero-order chi connectivity index (χ0) is 15.2. The van der Waals surface area contributed by atoms with Gasteiger partial charge in [-0.3, -0.25) is 0 Å². The van der Waals surface area contributed by atoms with Crippen LogP contribution in [-0.2, 0) is 6.54 Å².